The highest BCUT2D eigenvalue weighted by Gasteiger charge is 2.24. The number of anilines is 1. The van der Waals surface area contributed by atoms with E-state index in [4.69, 9.17) is 4.74 Å². The van der Waals surface area contributed by atoms with E-state index in [-0.39, 0.29) is 34.9 Å². The molecular formula is C24H33N3O5S. The zero-order valence-corrected chi connectivity index (χ0v) is 20.6. The van der Waals surface area contributed by atoms with Crippen molar-refractivity contribution in [2.45, 2.75) is 58.1 Å². The van der Waals surface area contributed by atoms with Crippen molar-refractivity contribution in [2.24, 2.45) is 0 Å². The average Bonchev–Trinajstić information content (AvgIpc) is 2.75. The average molecular weight is 476 g/mol. The van der Waals surface area contributed by atoms with Gasteiger partial charge in [0.1, 0.15) is 5.75 Å². The van der Waals surface area contributed by atoms with Crippen molar-refractivity contribution in [3.05, 3.63) is 54.1 Å². The first-order valence-electron chi connectivity index (χ1n) is 11.0. The zero-order valence-electron chi connectivity index (χ0n) is 19.8. The lowest BCUT2D eigenvalue weighted by atomic mass is 10.0. The van der Waals surface area contributed by atoms with Crippen molar-refractivity contribution in [1.82, 2.24) is 9.62 Å². The van der Waals surface area contributed by atoms with Gasteiger partial charge in [0.05, 0.1) is 29.1 Å². The second-order valence-electron chi connectivity index (χ2n) is 7.83. The number of carbonyl (C=O) groups excluding carboxylic acids is 2. The molecule has 0 aromatic heterocycles. The molecule has 2 aromatic rings. The van der Waals surface area contributed by atoms with Gasteiger partial charge < -0.3 is 15.4 Å². The Balaban J connectivity index is 2.36. The molecule has 2 amide bonds. The topological polar surface area (TPSA) is 105 Å². The summed E-state index contributed by atoms with van der Waals surface area (Å²) in [7, 11) is -3.72. The van der Waals surface area contributed by atoms with E-state index in [0.29, 0.717) is 18.8 Å². The number of sulfonamides is 1. The van der Waals surface area contributed by atoms with Gasteiger partial charge in [-0.25, -0.2) is 8.42 Å². The standard InChI is InChI=1S/C24H33N3O5S/c1-6-27(7-2)33(30,31)20-13-14-23(32-17(3)4)22(15-20)26-24(29)16-21(25-18(5)28)19-11-9-8-10-12-19/h8-15,17,21H,6-7,16H2,1-5H3,(H,25,28)(H,26,29). The lowest BCUT2D eigenvalue weighted by Crippen LogP contribution is -2.31. The fraction of sp³-hybridized carbons (Fsp3) is 0.417. The number of benzene rings is 2. The number of rotatable bonds is 11. The molecule has 1 atom stereocenters. The number of amides is 2. The number of hydrogen-bond acceptors (Lipinski definition) is 5. The van der Waals surface area contributed by atoms with Crippen LogP contribution in [0.25, 0.3) is 0 Å². The highest BCUT2D eigenvalue weighted by molar-refractivity contribution is 7.89. The quantitative estimate of drug-likeness (QED) is 0.516. The van der Waals surface area contributed by atoms with Gasteiger partial charge in [-0.05, 0) is 37.6 Å². The maximum Gasteiger partial charge on any atom is 0.243 e. The Hall–Kier alpha value is -2.91. The van der Waals surface area contributed by atoms with Gasteiger partial charge >= 0.3 is 0 Å². The van der Waals surface area contributed by atoms with Crippen LogP contribution in [0.3, 0.4) is 0 Å². The highest BCUT2D eigenvalue weighted by Crippen LogP contribution is 2.31. The molecule has 0 aliphatic heterocycles. The van der Waals surface area contributed by atoms with Gasteiger partial charge in [0.2, 0.25) is 21.8 Å². The van der Waals surface area contributed by atoms with E-state index in [1.807, 2.05) is 44.2 Å². The Morgan fingerprint density at radius 3 is 2.21 bits per heavy atom. The van der Waals surface area contributed by atoms with Crippen molar-refractivity contribution in [2.75, 3.05) is 18.4 Å². The normalized spacial score (nSPS) is 12.5. The summed E-state index contributed by atoms with van der Waals surface area (Å²) in [6, 6.07) is 13.1. The lowest BCUT2D eigenvalue weighted by Gasteiger charge is -2.21. The lowest BCUT2D eigenvalue weighted by molar-refractivity contribution is -0.120. The third-order valence-electron chi connectivity index (χ3n) is 4.90. The van der Waals surface area contributed by atoms with E-state index in [1.165, 1.54) is 23.4 Å². The Morgan fingerprint density at radius 1 is 1.03 bits per heavy atom. The number of carbonyl (C=O) groups is 2. The molecule has 2 aromatic carbocycles. The second-order valence-corrected chi connectivity index (χ2v) is 9.77. The second kappa shape index (κ2) is 11.8. The monoisotopic (exact) mass is 475 g/mol. The summed E-state index contributed by atoms with van der Waals surface area (Å²) in [4.78, 5) is 24.7. The third kappa shape index (κ3) is 7.30. The molecule has 0 spiro atoms. The molecule has 0 radical (unpaired) electrons. The van der Waals surface area contributed by atoms with Crippen LogP contribution in [0.4, 0.5) is 5.69 Å². The minimum Gasteiger partial charge on any atom is -0.489 e. The van der Waals surface area contributed by atoms with Crippen LogP contribution in [-0.4, -0.2) is 43.7 Å². The molecule has 180 valence electrons. The maximum absolute atomic E-state index is 13.0. The summed E-state index contributed by atoms with van der Waals surface area (Å²) in [5.41, 5.74) is 1.05. The van der Waals surface area contributed by atoms with Crippen LogP contribution in [0.15, 0.2) is 53.4 Å². The first-order chi connectivity index (χ1) is 15.6. The largest absolute Gasteiger partial charge is 0.489 e. The molecule has 0 aliphatic carbocycles. The Labute approximate surface area is 196 Å². The molecule has 0 saturated carbocycles. The number of hydrogen-bond donors (Lipinski definition) is 2. The molecule has 2 N–H and O–H groups in total. The molecule has 0 bridgehead atoms. The number of ether oxygens (including phenoxy) is 1. The van der Waals surface area contributed by atoms with Gasteiger partial charge in [-0.3, -0.25) is 9.59 Å². The molecule has 9 heteroatoms. The Kier molecular flexibility index (Phi) is 9.43. The van der Waals surface area contributed by atoms with E-state index >= 15 is 0 Å². The van der Waals surface area contributed by atoms with Crippen LogP contribution in [0.2, 0.25) is 0 Å². The predicted octanol–water partition coefficient (Wildman–Crippen LogP) is 3.71. The number of nitrogens with zero attached hydrogens (tertiary/aromatic N) is 1. The van der Waals surface area contributed by atoms with Crippen molar-refractivity contribution in [3.8, 4) is 5.75 Å². The highest BCUT2D eigenvalue weighted by atomic mass is 32.2. The van der Waals surface area contributed by atoms with Crippen molar-refractivity contribution in [3.63, 3.8) is 0 Å². The Bertz CT molecular complexity index is 1050. The van der Waals surface area contributed by atoms with Crippen LogP contribution in [-0.2, 0) is 19.6 Å². The third-order valence-corrected chi connectivity index (χ3v) is 6.95. The van der Waals surface area contributed by atoms with Crippen LogP contribution in [0.1, 0.15) is 52.6 Å². The van der Waals surface area contributed by atoms with Crippen LogP contribution in [0, 0.1) is 0 Å². The molecule has 0 aliphatic rings. The van der Waals surface area contributed by atoms with Crippen LogP contribution >= 0.6 is 0 Å². The molecule has 0 heterocycles. The minimum atomic E-state index is -3.72. The summed E-state index contributed by atoms with van der Waals surface area (Å²) >= 11 is 0. The summed E-state index contributed by atoms with van der Waals surface area (Å²) in [6.07, 6.45) is -0.208. The molecule has 0 fully saturated rings. The Morgan fingerprint density at radius 2 is 1.67 bits per heavy atom. The van der Waals surface area contributed by atoms with Crippen molar-refractivity contribution < 1.29 is 22.7 Å². The van der Waals surface area contributed by atoms with E-state index in [1.54, 1.807) is 19.9 Å². The van der Waals surface area contributed by atoms with Gasteiger partial charge in [0.15, 0.2) is 0 Å². The summed E-state index contributed by atoms with van der Waals surface area (Å²) in [5.74, 6) is -0.274. The molecular weight excluding hydrogens is 442 g/mol. The first-order valence-corrected chi connectivity index (χ1v) is 12.4. The van der Waals surface area contributed by atoms with Crippen molar-refractivity contribution in [1.29, 1.82) is 0 Å². The SMILES string of the molecule is CCN(CC)S(=O)(=O)c1ccc(OC(C)C)c(NC(=O)CC(NC(C)=O)c2ccccc2)c1. The van der Waals surface area contributed by atoms with E-state index in [2.05, 4.69) is 10.6 Å². The summed E-state index contributed by atoms with van der Waals surface area (Å²) in [6.45, 7) is 9.28. The van der Waals surface area contributed by atoms with Gasteiger partial charge in [0.25, 0.3) is 0 Å². The fourth-order valence-electron chi connectivity index (χ4n) is 3.41. The zero-order chi connectivity index (χ0) is 24.6. The van der Waals surface area contributed by atoms with E-state index in [0.717, 1.165) is 5.56 Å². The number of nitrogens with one attached hydrogen (secondary N) is 2. The van der Waals surface area contributed by atoms with Gasteiger partial charge in [-0.1, -0.05) is 44.2 Å². The van der Waals surface area contributed by atoms with E-state index < -0.39 is 16.1 Å². The first kappa shape index (κ1) is 26.3. The van der Waals surface area contributed by atoms with E-state index in [9.17, 15) is 18.0 Å². The van der Waals surface area contributed by atoms with Gasteiger partial charge in [-0.2, -0.15) is 4.31 Å². The molecule has 1 unspecified atom stereocenters. The molecule has 33 heavy (non-hydrogen) atoms. The minimum absolute atomic E-state index is 0.0300. The van der Waals surface area contributed by atoms with Crippen LogP contribution in [0.5, 0.6) is 5.75 Å². The molecule has 8 nitrogen and oxygen atoms in total. The predicted molar refractivity (Wildman–Crippen MR) is 129 cm³/mol. The van der Waals surface area contributed by atoms with Crippen molar-refractivity contribution >= 4 is 27.5 Å². The van der Waals surface area contributed by atoms with Gasteiger partial charge in [-0.15, -0.1) is 0 Å². The van der Waals surface area contributed by atoms with Crippen LogP contribution < -0.4 is 15.4 Å². The summed E-state index contributed by atoms with van der Waals surface area (Å²) in [5, 5.41) is 5.57. The molecule has 2 rings (SSSR count). The fourth-order valence-corrected chi connectivity index (χ4v) is 4.89. The maximum atomic E-state index is 13.0. The summed E-state index contributed by atoms with van der Waals surface area (Å²) < 4.78 is 33.1. The smallest absolute Gasteiger partial charge is 0.243 e. The van der Waals surface area contributed by atoms with Gasteiger partial charge in [0, 0.05) is 20.0 Å². The molecule has 0 saturated heterocycles.